The van der Waals surface area contributed by atoms with Crippen LogP contribution in [0.25, 0.3) is 0 Å². The molecule has 18 heavy (non-hydrogen) atoms. The normalized spacial score (nSPS) is 12.8. The molecule has 5 heteroatoms. The van der Waals surface area contributed by atoms with Crippen LogP contribution in [0, 0.1) is 0 Å². The van der Waals surface area contributed by atoms with Crippen molar-refractivity contribution in [3.8, 4) is 5.75 Å². The van der Waals surface area contributed by atoms with Gasteiger partial charge in [-0.1, -0.05) is 23.2 Å². The number of hydrogen-bond acceptors (Lipinski definition) is 2. The van der Waals surface area contributed by atoms with E-state index in [1.54, 1.807) is 18.2 Å². The van der Waals surface area contributed by atoms with Crippen LogP contribution >= 0.6 is 23.2 Å². The summed E-state index contributed by atoms with van der Waals surface area (Å²) in [5, 5.41) is 10.9. The van der Waals surface area contributed by atoms with Gasteiger partial charge in [0, 0.05) is 5.02 Å². The van der Waals surface area contributed by atoms with Crippen LogP contribution in [0.4, 0.5) is 0 Å². The van der Waals surface area contributed by atoms with Crippen LogP contribution in [0.15, 0.2) is 18.2 Å². The fraction of sp³-hybridized carbons (Fsp3) is 0.538. The molecule has 0 amide bonds. The third-order valence-corrected chi connectivity index (χ3v) is 3.38. The lowest BCUT2D eigenvalue weighted by molar-refractivity contribution is -0.899. The quantitative estimate of drug-likeness (QED) is 0.801. The van der Waals surface area contributed by atoms with Crippen molar-refractivity contribution < 1.29 is 14.7 Å². The molecule has 0 spiro atoms. The van der Waals surface area contributed by atoms with Crippen molar-refractivity contribution in [3.63, 3.8) is 0 Å². The van der Waals surface area contributed by atoms with E-state index in [1.807, 2.05) is 0 Å². The molecule has 1 rings (SSSR count). The SMILES string of the molecule is CC[NH+](CC)C[C@H](O)COc1ccc(Cl)cc1Cl. The molecule has 1 aromatic carbocycles. The maximum atomic E-state index is 9.87. The summed E-state index contributed by atoms with van der Waals surface area (Å²) < 4.78 is 5.49. The summed E-state index contributed by atoms with van der Waals surface area (Å²) in [5.74, 6) is 0.551. The van der Waals surface area contributed by atoms with E-state index in [0.29, 0.717) is 22.3 Å². The molecule has 3 nitrogen and oxygen atoms in total. The standard InChI is InChI=1S/C13H19Cl2NO2/c1-3-16(4-2)8-11(17)9-18-13-6-5-10(14)7-12(13)15/h5-7,11,17H,3-4,8-9H2,1-2H3/p+1/t11-/m0/s1. The third-order valence-electron chi connectivity index (χ3n) is 2.85. The van der Waals surface area contributed by atoms with Gasteiger partial charge in [-0.2, -0.15) is 0 Å². The highest BCUT2D eigenvalue weighted by Gasteiger charge is 2.13. The molecule has 0 radical (unpaired) electrons. The number of ether oxygens (including phenoxy) is 1. The van der Waals surface area contributed by atoms with Crippen LogP contribution in [-0.4, -0.2) is 37.5 Å². The summed E-state index contributed by atoms with van der Waals surface area (Å²) in [4.78, 5) is 1.34. The van der Waals surface area contributed by atoms with Crippen LogP contribution in [0.1, 0.15) is 13.8 Å². The molecule has 0 fully saturated rings. The van der Waals surface area contributed by atoms with Crippen LogP contribution in [-0.2, 0) is 0 Å². The molecule has 0 heterocycles. The highest BCUT2D eigenvalue weighted by molar-refractivity contribution is 6.35. The molecule has 0 aromatic heterocycles. The molecule has 102 valence electrons. The molecule has 0 saturated heterocycles. The predicted octanol–water partition coefficient (Wildman–Crippen LogP) is 1.66. The minimum atomic E-state index is -0.494. The Kier molecular flexibility index (Phi) is 6.79. The minimum absolute atomic E-state index is 0.241. The topological polar surface area (TPSA) is 33.9 Å². The molecular weight excluding hydrogens is 273 g/mol. The van der Waals surface area contributed by atoms with Crippen LogP contribution in [0.5, 0.6) is 5.75 Å². The lowest BCUT2D eigenvalue weighted by atomic mass is 10.3. The maximum absolute atomic E-state index is 9.87. The Morgan fingerprint density at radius 2 is 1.94 bits per heavy atom. The van der Waals surface area contributed by atoms with Gasteiger partial charge in [0.2, 0.25) is 0 Å². The molecule has 1 atom stereocenters. The van der Waals surface area contributed by atoms with Gasteiger partial charge in [0.1, 0.15) is 25.0 Å². The average molecular weight is 293 g/mol. The zero-order valence-corrected chi connectivity index (χ0v) is 12.3. The summed E-state index contributed by atoms with van der Waals surface area (Å²) >= 11 is 11.8. The first kappa shape index (κ1) is 15.6. The van der Waals surface area contributed by atoms with Crippen LogP contribution in [0.2, 0.25) is 10.0 Å². The minimum Gasteiger partial charge on any atom is -0.489 e. The van der Waals surface area contributed by atoms with Gasteiger partial charge in [-0.15, -0.1) is 0 Å². The average Bonchev–Trinajstić information content (AvgIpc) is 2.35. The number of rotatable bonds is 7. The lowest BCUT2D eigenvalue weighted by Crippen LogP contribution is -3.12. The van der Waals surface area contributed by atoms with Crippen molar-refractivity contribution in [1.29, 1.82) is 0 Å². The number of aliphatic hydroxyl groups excluding tert-OH is 1. The van der Waals surface area contributed by atoms with E-state index in [1.165, 1.54) is 4.90 Å². The Morgan fingerprint density at radius 1 is 1.28 bits per heavy atom. The van der Waals surface area contributed by atoms with Gasteiger partial charge in [-0.3, -0.25) is 0 Å². The molecule has 1 aromatic rings. The Labute approximate surface area is 118 Å². The Bertz CT molecular complexity index is 370. The predicted molar refractivity (Wildman–Crippen MR) is 74.9 cm³/mol. The molecule has 0 unspecified atom stereocenters. The molecule has 0 saturated carbocycles. The Balaban J connectivity index is 2.44. The van der Waals surface area contributed by atoms with E-state index in [-0.39, 0.29) is 6.61 Å². The van der Waals surface area contributed by atoms with Crippen LogP contribution in [0.3, 0.4) is 0 Å². The van der Waals surface area contributed by atoms with Gasteiger partial charge in [0.15, 0.2) is 0 Å². The summed E-state index contributed by atoms with van der Waals surface area (Å²) in [5.41, 5.74) is 0. The molecule has 0 aliphatic heterocycles. The van der Waals surface area contributed by atoms with Crippen molar-refractivity contribution in [2.45, 2.75) is 20.0 Å². The van der Waals surface area contributed by atoms with E-state index in [9.17, 15) is 5.11 Å². The molecule has 2 N–H and O–H groups in total. The highest BCUT2D eigenvalue weighted by atomic mass is 35.5. The smallest absolute Gasteiger partial charge is 0.138 e. The molecule has 0 bridgehead atoms. The van der Waals surface area contributed by atoms with Gasteiger partial charge in [0.05, 0.1) is 18.1 Å². The van der Waals surface area contributed by atoms with Gasteiger partial charge < -0.3 is 14.7 Å². The summed E-state index contributed by atoms with van der Waals surface area (Å²) in [6, 6.07) is 5.05. The van der Waals surface area contributed by atoms with Gasteiger partial charge in [-0.05, 0) is 32.0 Å². The second-order valence-electron chi connectivity index (χ2n) is 4.20. The van der Waals surface area contributed by atoms with Crippen molar-refractivity contribution in [2.24, 2.45) is 0 Å². The zero-order chi connectivity index (χ0) is 13.5. The Hall–Kier alpha value is -0.480. The van der Waals surface area contributed by atoms with E-state index in [4.69, 9.17) is 27.9 Å². The number of benzene rings is 1. The highest BCUT2D eigenvalue weighted by Crippen LogP contribution is 2.27. The van der Waals surface area contributed by atoms with Crippen molar-refractivity contribution >= 4 is 23.2 Å². The largest absolute Gasteiger partial charge is 0.489 e. The summed E-state index contributed by atoms with van der Waals surface area (Å²) in [6.07, 6.45) is -0.494. The first-order valence-corrected chi connectivity index (χ1v) is 6.91. The van der Waals surface area contributed by atoms with E-state index < -0.39 is 6.10 Å². The van der Waals surface area contributed by atoms with Gasteiger partial charge >= 0.3 is 0 Å². The molecule has 0 aliphatic carbocycles. The third kappa shape index (κ3) is 5.02. The molecule has 0 aliphatic rings. The van der Waals surface area contributed by atoms with E-state index >= 15 is 0 Å². The monoisotopic (exact) mass is 292 g/mol. The van der Waals surface area contributed by atoms with Crippen molar-refractivity contribution in [2.75, 3.05) is 26.2 Å². The number of aliphatic hydroxyl groups is 1. The van der Waals surface area contributed by atoms with Crippen LogP contribution < -0.4 is 9.64 Å². The van der Waals surface area contributed by atoms with Crippen molar-refractivity contribution in [3.05, 3.63) is 28.2 Å². The summed E-state index contributed by atoms with van der Waals surface area (Å²) in [6.45, 7) is 7.11. The lowest BCUT2D eigenvalue weighted by Gasteiger charge is -2.19. The summed E-state index contributed by atoms with van der Waals surface area (Å²) in [7, 11) is 0. The number of hydrogen-bond donors (Lipinski definition) is 2. The van der Waals surface area contributed by atoms with E-state index in [0.717, 1.165) is 13.1 Å². The second-order valence-corrected chi connectivity index (χ2v) is 5.04. The zero-order valence-electron chi connectivity index (χ0n) is 10.7. The number of nitrogens with one attached hydrogen (secondary N) is 1. The first-order chi connectivity index (χ1) is 8.56. The number of quaternary nitrogens is 1. The molecular formula is C13H20Cl2NO2+. The Morgan fingerprint density at radius 3 is 2.50 bits per heavy atom. The maximum Gasteiger partial charge on any atom is 0.138 e. The van der Waals surface area contributed by atoms with Crippen molar-refractivity contribution in [1.82, 2.24) is 0 Å². The van der Waals surface area contributed by atoms with Gasteiger partial charge in [0.25, 0.3) is 0 Å². The van der Waals surface area contributed by atoms with Gasteiger partial charge in [-0.25, -0.2) is 0 Å². The fourth-order valence-electron chi connectivity index (χ4n) is 1.71. The number of halogens is 2. The van der Waals surface area contributed by atoms with E-state index in [2.05, 4.69) is 13.8 Å². The number of likely N-dealkylation sites (N-methyl/N-ethyl adjacent to an activating group) is 1. The fourth-order valence-corrected chi connectivity index (χ4v) is 2.17. The first-order valence-electron chi connectivity index (χ1n) is 6.16. The second kappa shape index (κ2) is 7.85.